The van der Waals surface area contributed by atoms with Crippen LogP contribution in [-0.2, 0) is 11.2 Å². The molecule has 1 amide bonds. The van der Waals surface area contributed by atoms with Crippen LogP contribution in [0.2, 0.25) is 5.02 Å². The first kappa shape index (κ1) is 16.0. The molecule has 0 aromatic heterocycles. The molecule has 2 aromatic carbocycles. The number of anilines is 1. The predicted octanol–water partition coefficient (Wildman–Crippen LogP) is 4.55. The van der Waals surface area contributed by atoms with E-state index >= 15 is 0 Å². The third-order valence-electron chi connectivity index (χ3n) is 4.39. The Kier molecular flexibility index (Phi) is 3.92. The van der Waals surface area contributed by atoms with Crippen LogP contribution in [0.5, 0.6) is 11.5 Å². The molecule has 5 heteroatoms. The Morgan fingerprint density at radius 1 is 1.36 bits per heavy atom. The molecule has 0 unspecified atom stereocenters. The minimum absolute atomic E-state index is 0.144. The quantitative estimate of drug-likeness (QED) is 0.821. The number of hydrogen-bond donors (Lipinski definition) is 1. The van der Waals surface area contributed by atoms with Crippen LogP contribution >= 0.6 is 11.6 Å². The second-order valence-corrected chi connectivity index (χ2v) is 6.70. The smallest absolute Gasteiger partial charge is 0.256 e. The van der Waals surface area contributed by atoms with Crippen molar-refractivity contribution in [3.8, 4) is 11.5 Å². The molecule has 0 radical (unpaired) electrons. The second kappa shape index (κ2) is 6.12. The monoisotopic (exact) mass is 355 g/mol. The third-order valence-corrected chi connectivity index (χ3v) is 4.63. The van der Waals surface area contributed by atoms with Gasteiger partial charge in [-0.2, -0.15) is 0 Å². The number of hydrogen-bond acceptors (Lipinski definition) is 3. The lowest BCUT2D eigenvalue weighted by molar-refractivity contribution is -0.110. The summed E-state index contributed by atoms with van der Waals surface area (Å²) in [5.41, 5.74) is 4.11. The summed E-state index contributed by atoms with van der Waals surface area (Å²) >= 11 is 6.10. The molecule has 2 heterocycles. The largest absolute Gasteiger partial charge is 0.493 e. The molecule has 0 saturated carbocycles. The molecule has 2 aromatic rings. The van der Waals surface area contributed by atoms with E-state index in [2.05, 4.69) is 5.32 Å². The highest BCUT2D eigenvalue weighted by molar-refractivity contribution is 6.36. The Morgan fingerprint density at radius 2 is 2.20 bits per heavy atom. The maximum Gasteiger partial charge on any atom is 0.256 e. The van der Waals surface area contributed by atoms with Gasteiger partial charge < -0.3 is 14.8 Å². The number of benzene rings is 2. The first-order valence-electron chi connectivity index (χ1n) is 8.34. The fraction of sp³-hybridized carbons (Fsp3) is 0.250. The average molecular weight is 356 g/mol. The highest BCUT2D eigenvalue weighted by Crippen LogP contribution is 2.39. The van der Waals surface area contributed by atoms with Gasteiger partial charge in [-0.15, -0.1) is 0 Å². The second-order valence-electron chi connectivity index (χ2n) is 6.27. The maximum atomic E-state index is 12.4. The Morgan fingerprint density at radius 3 is 3.00 bits per heavy atom. The van der Waals surface area contributed by atoms with Gasteiger partial charge in [0.1, 0.15) is 17.6 Å². The molecule has 1 atom stereocenters. The maximum absolute atomic E-state index is 12.4. The van der Waals surface area contributed by atoms with Gasteiger partial charge >= 0.3 is 0 Å². The van der Waals surface area contributed by atoms with Crippen LogP contribution in [0, 0.1) is 0 Å². The molecule has 0 spiro atoms. The van der Waals surface area contributed by atoms with Crippen molar-refractivity contribution in [1.29, 1.82) is 0 Å². The van der Waals surface area contributed by atoms with E-state index in [4.69, 9.17) is 21.1 Å². The van der Waals surface area contributed by atoms with Crippen LogP contribution in [0.3, 0.4) is 0 Å². The Labute approximate surface area is 151 Å². The summed E-state index contributed by atoms with van der Waals surface area (Å²) in [6.07, 6.45) is 2.86. The van der Waals surface area contributed by atoms with Crippen LogP contribution in [0.1, 0.15) is 30.5 Å². The summed E-state index contributed by atoms with van der Waals surface area (Å²) in [7, 11) is 0. The average Bonchev–Trinajstić information content (AvgIpc) is 3.07. The molecule has 0 bridgehead atoms. The van der Waals surface area contributed by atoms with Gasteiger partial charge in [0.2, 0.25) is 0 Å². The van der Waals surface area contributed by atoms with Crippen molar-refractivity contribution >= 4 is 34.8 Å². The first-order chi connectivity index (χ1) is 12.0. The van der Waals surface area contributed by atoms with E-state index in [1.807, 2.05) is 38.1 Å². The highest BCUT2D eigenvalue weighted by Gasteiger charge is 2.26. The zero-order valence-electron chi connectivity index (χ0n) is 14.1. The van der Waals surface area contributed by atoms with Crippen molar-refractivity contribution in [1.82, 2.24) is 0 Å². The van der Waals surface area contributed by atoms with Crippen molar-refractivity contribution in [2.24, 2.45) is 0 Å². The van der Waals surface area contributed by atoms with Crippen LogP contribution in [0.25, 0.3) is 11.6 Å². The minimum atomic E-state index is -0.144. The fourth-order valence-corrected chi connectivity index (χ4v) is 3.48. The number of carbonyl (C=O) groups excluding carboxylic acids is 1. The van der Waals surface area contributed by atoms with E-state index in [0.29, 0.717) is 17.2 Å². The number of fused-ring (bicyclic) bond motifs is 2. The van der Waals surface area contributed by atoms with Gasteiger partial charge in [0.25, 0.3) is 5.91 Å². The number of amides is 1. The van der Waals surface area contributed by atoms with Gasteiger partial charge in [-0.25, -0.2) is 0 Å². The third kappa shape index (κ3) is 2.87. The first-order valence-corrected chi connectivity index (χ1v) is 8.72. The summed E-state index contributed by atoms with van der Waals surface area (Å²) in [6.45, 7) is 4.54. The zero-order chi connectivity index (χ0) is 17.6. The van der Waals surface area contributed by atoms with Crippen molar-refractivity contribution < 1.29 is 14.3 Å². The lowest BCUT2D eigenvalue weighted by atomic mass is 10.0. The predicted molar refractivity (Wildman–Crippen MR) is 99.4 cm³/mol. The van der Waals surface area contributed by atoms with E-state index in [1.165, 1.54) is 0 Å². The molecule has 128 valence electrons. The van der Waals surface area contributed by atoms with Crippen LogP contribution in [0.15, 0.2) is 30.3 Å². The van der Waals surface area contributed by atoms with Crippen molar-refractivity contribution in [2.45, 2.75) is 26.4 Å². The van der Waals surface area contributed by atoms with E-state index in [0.717, 1.165) is 40.3 Å². The van der Waals surface area contributed by atoms with Crippen molar-refractivity contribution in [2.75, 3.05) is 11.9 Å². The summed E-state index contributed by atoms with van der Waals surface area (Å²) in [6, 6.07) is 9.34. The number of rotatable bonds is 3. The van der Waals surface area contributed by atoms with Crippen LogP contribution in [0.4, 0.5) is 5.69 Å². The lowest BCUT2D eigenvalue weighted by Crippen LogP contribution is -2.05. The van der Waals surface area contributed by atoms with Gasteiger partial charge in [0, 0.05) is 39.4 Å². The molecule has 0 saturated heterocycles. The molecule has 2 aliphatic rings. The van der Waals surface area contributed by atoms with Gasteiger partial charge in [-0.05, 0) is 50.3 Å². The number of ether oxygens (including phenoxy) is 2. The zero-order valence-corrected chi connectivity index (χ0v) is 14.8. The summed E-state index contributed by atoms with van der Waals surface area (Å²) < 4.78 is 11.7. The Balaban J connectivity index is 1.83. The lowest BCUT2D eigenvalue weighted by Gasteiger charge is -2.11. The van der Waals surface area contributed by atoms with Gasteiger partial charge in [0.05, 0.1) is 6.61 Å². The summed E-state index contributed by atoms with van der Waals surface area (Å²) in [4.78, 5) is 12.4. The number of halogens is 1. The molecule has 1 N–H and O–H groups in total. The van der Waals surface area contributed by atoms with Crippen LogP contribution < -0.4 is 14.8 Å². The molecular formula is C20H18ClNO3. The van der Waals surface area contributed by atoms with E-state index in [-0.39, 0.29) is 12.0 Å². The Bertz CT molecular complexity index is 904. The molecule has 2 aliphatic heterocycles. The number of nitrogens with one attached hydrogen (secondary N) is 1. The topological polar surface area (TPSA) is 47.6 Å². The fourth-order valence-electron chi connectivity index (χ4n) is 3.31. The molecule has 4 rings (SSSR count). The van der Waals surface area contributed by atoms with E-state index in [9.17, 15) is 4.79 Å². The van der Waals surface area contributed by atoms with Gasteiger partial charge in [0.15, 0.2) is 0 Å². The SMILES string of the molecule is CCOc1cc2c(cc1/C=C1\C(=O)Nc3ccc(Cl)cc31)O[C@H](C)C2. The van der Waals surface area contributed by atoms with E-state index < -0.39 is 0 Å². The minimum Gasteiger partial charge on any atom is -0.493 e. The van der Waals surface area contributed by atoms with E-state index in [1.54, 1.807) is 12.1 Å². The van der Waals surface area contributed by atoms with Crippen molar-refractivity contribution in [3.05, 3.63) is 52.0 Å². The van der Waals surface area contributed by atoms with Crippen LogP contribution in [-0.4, -0.2) is 18.6 Å². The molecule has 0 aliphatic carbocycles. The molecule has 4 nitrogen and oxygen atoms in total. The molecule has 25 heavy (non-hydrogen) atoms. The Hall–Kier alpha value is -2.46. The summed E-state index contributed by atoms with van der Waals surface area (Å²) in [5, 5.41) is 3.46. The van der Waals surface area contributed by atoms with Crippen molar-refractivity contribution in [3.63, 3.8) is 0 Å². The molecule has 0 fully saturated rings. The normalized spacial score (nSPS) is 19.4. The number of carbonyl (C=O) groups is 1. The highest BCUT2D eigenvalue weighted by atomic mass is 35.5. The standard InChI is InChI=1S/C20H18ClNO3/c1-3-24-18-8-12-6-11(2)25-19(12)9-13(18)7-16-15-10-14(21)4-5-17(15)22-20(16)23/h4-5,7-11H,3,6H2,1-2H3,(H,22,23)/b16-7-/t11-/m1/s1. The van der Waals surface area contributed by atoms with Gasteiger partial charge in [-0.3, -0.25) is 4.79 Å². The summed E-state index contributed by atoms with van der Waals surface area (Å²) in [5.74, 6) is 1.47. The van der Waals surface area contributed by atoms with Gasteiger partial charge in [-0.1, -0.05) is 11.6 Å². The molecular weight excluding hydrogens is 338 g/mol.